The lowest BCUT2D eigenvalue weighted by Crippen LogP contribution is -2.31. The van der Waals surface area contributed by atoms with Gasteiger partial charge in [-0.15, -0.1) is 0 Å². The number of nitrogens with one attached hydrogen (secondary N) is 1. The number of pyridine rings is 1. The summed E-state index contributed by atoms with van der Waals surface area (Å²) in [5.74, 6) is -1.28. The first-order chi connectivity index (χ1) is 11.1. The Morgan fingerprint density at radius 1 is 1.26 bits per heavy atom. The molecular weight excluding hydrogens is 296 g/mol. The molecule has 2 rings (SSSR count). The predicted octanol–water partition coefficient (Wildman–Crippen LogP) is 2.28. The largest absolute Gasteiger partial charge is 0.364 e. The molecule has 0 spiro atoms. The monoisotopic (exact) mass is 308 g/mol. The van der Waals surface area contributed by atoms with E-state index >= 15 is 0 Å². The van der Waals surface area contributed by atoms with Crippen LogP contribution in [0.15, 0.2) is 59.6 Å². The van der Waals surface area contributed by atoms with E-state index in [1.165, 1.54) is 36.5 Å². The number of carbonyl (C=O) groups is 2. The molecule has 8 heteroatoms. The highest BCUT2D eigenvalue weighted by Gasteiger charge is 2.11. The highest BCUT2D eigenvalue weighted by molar-refractivity contribution is 6.04. The minimum atomic E-state index is -0.770. The number of aromatic nitrogens is 1. The number of azide groups is 1. The Morgan fingerprint density at radius 2 is 2.00 bits per heavy atom. The van der Waals surface area contributed by atoms with E-state index in [0.717, 1.165) is 0 Å². The Morgan fingerprint density at radius 3 is 2.57 bits per heavy atom. The van der Waals surface area contributed by atoms with Gasteiger partial charge in [-0.05, 0) is 35.4 Å². The van der Waals surface area contributed by atoms with Crippen LogP contribution < -0.4 is 11.1 Å². The van der Waals surface area contributed by atoms with Crippen LogP contribution >= 0.6 is 0 Å². The molecule has 0 aliphatic carbocycles. The van der Waals surface area contributed by atoms with Crippen molar-refractivity contribution in [3.63, 3.8) is 0 Å². The van der Waals surface area contributed by atoms with Crippen LogP contribution in [-0.4, -0.2) is 16.8 Å². The molecule has 2 aromatic rings. The summed E-state index contributed by atoms with van der Waals surface area (Å²) in [4.78, 5) is 30.2. The molecule has 0 atom stereocenters. The summed E-state index contributed by atoms with van der Waals surface area (Å²) in [5, 5.41) is 5.86. The molecule has 1 aromatic heterocycles. The lowest BCUT2D eigenvalue weighted by atomic mass is 10.2. The van der Waals surface area contributed by atoms with Crippen molar-refractivity contribution in [3.05, 3.63) is 76.1 Å². The van der Waals surface area contributed by atoms with Crippen LogP contribution in [0.25, 0.3) is 16.5 Å². The Kier molecular flexibility index (Phi) is 5.06. The topological polar surface area (TPSA) is 134 Å². The van der Waals surface area contributed by atoms with Crippen molar-refractivity contribution >= 4 is 23.6 Å². The van der Waals surface area contributed by atoms with Gasteiger partial charge in [0.1, 0.15) is 5.70 Å². The van der Waals surface area contributed by atoms with Crippen LogP contribution in [0.4, 0.5) is 5.69 Å². The molecule has 0 bridgehead atoms. The number of hydrogen-bond acceptors (Lipinski definition) is 4. The molecule has 0 radical (unpaired) electrons. The van der Waals surface area contributed by atoms with Crippen LogP contribution in [0.1, 0.15) is 15.9 Å². The number of rotatable bonds is 5. The third-order valence-corrected chi connectivity index (χ3v) is 2.80. The Hall–Kier alpha value is -3.64. The van der Waals surface area contributed by atoms with Gasteiger partial charge in [-0.1, -0.05) is 23.3 Å². The zero-order valence-electron chi connectivity index (χ0n) is 11.9. The molecule has 1 heterocycles. The third-order valence-electron chi connectivity index (χ3n) is 2.80. The fourth-order valence-electron chi connectivity index (χ4n) is 1.72. The van der Waals surface area contributed by atoms with E-state index in [1.807, 2.05) is 0 Å². The van der Waals surface area contributed by atoms with E-state index in [9.17, 15) is 9.59 Å². The quantitative estimate of drug-likeness (QED) is 0.379. The summed E-state index contributed by atoms with van der Waals surface area (Å²) in [7, 11) is 0. The first-order valence-electron chi connectivity index (χ1n) is 6.48. The van der Waals surface area contributed by atoms with Gasteiger partial charge < -0.3 is 11.1 Å². The van der Waals surface area contributed by atoms with Crippen LogP contribution in [0.5, 0.6) is 0 Å². The second kappa shape index (κ2) is 7.39. The number of carbonyl (C=O) groups excluding carboxylic acids is 2. The zero-order valence-corrected chi connectivity index (χ0v) is 11.9. The number of nitrogens with two attached hydrogens (primary N) is 1. The van der Waals surface area contributed by atoms with E-state index in [1.54, 1.807) is 18.3 Å². The lowest BCUT2D eigenvalue weighted by molar-refractivity contribution is -0.114. The van der Waals surface area contributed by atoms with Crippen molar-refractivity contribution in [2.75, 3.05) is 0 Å². The number of hydrogen-bond donors (Lipinski definition) is 2. The predicted molar refractivity (Wildman–Crippen MR) is 84.1 cm³/mol. The molecule has 0 aliphatic heterocycles. The number of amides is 2. The molecule has 8 nitrogen and oxygen atoms in total. The Balaban J connectivity index is 2.20. The zero-order chi connectivity index (χ0) is 16.7. The van der Waals surface area contributed by atoms with Gasteiger partial charge in [-0.2, -0.15) is 0 Å². The maximum absolute atomic E-state index is 12.1. The first kappa shape index (κ1) is 15.7. The standard InChI is InChI=1S/C15H12N6O2/c16-14(22)13(8-10-2-1-7-18-9-10)19-15(23)11-3-5-12(6-4-11)20-21-17/h1-9H,(H2,16,22)(H,19,23)/b13-8-. The molecule has 23 heavy (non-hydrogen) atoms. The Bertz CT molecular complexity index is 792. The molecule has 2 amide bonds. The third kappa shape index (κ3) is 4.42. The van der Waals surface area contributed by atoms with Crippen LogP contribution in [0, 0.1) is 0 Å². The van der Waals surface area contributed by atoms with E-state index in [4.69, 9.17) is 11.3 Å². The summed E-state index contributed by atoms with van der Waals surface area (Å²) in [5.41, 5.74) is 14.9. The SMILES string of the molecule is [N-]=[N+]=Nc1ccc(C(=O)N/C(=C\c2cccnc2)C(N)=O)cc1. The fourth-order valence-corrected chi connectivity index (χ4v) is 1.72. The minimum absolute atomic E-state index is 0.0536. The number of primary amides is 1. The summed E-state index contributed by atoms with van der Waals surface area (Å²) in [6.45, 7) is 0. The fraction of sp³-hybridized carbons (Fsp3) is 0. The van der Waals surface area contributed by atoms with Crippen molar-refractivity contribution in [1.82, 2.24) is 10.3 Å². The van der Waals surface area contributed by atoms with Crippen LogP contribution in [-0.2, 0) is 4.79 Å². The normalized spacial score (nSPS) is 10.5. The molecule has 1 aromatic carbocycles. The lowest BCUT2D eigenvalue weighted by Gasteiger charge is -2.07. The van der Waals surface area contributed by atoms with Gasteiger partial charge in [0.05, 0.1) is 0 Å². The van der Waals surface area contributed by atoms with Gasteiger partial charge in [-0.25, -0.2) is 0 Å². The summed E-state index contributed by atoms with van der Waals surface area (Å²) >= 11 is 0. The second-order valence-electron chi connectivity index (χ2n) is 4.40. The van der Waals surface area contributed by atoms with Gasteiger partial charge >= 0.3 is 0 Å². The van der Waals surface area contributed by atoms with E-state index in [2.05, 4.69) is 20.3 Å². The van der Waals surface area contributed by atoms with E-state index < -0.39 is 11.8 Å². The maximum atomic E-state index is 12.1. The summed E-state index contributed by atoms with van der Waals surface area (Å²) < 4.78 is 0. The highest BCUT2D eigenvalue weighted by atomic mass is 16.2. The van der Waals surface area contributed by atoms with Gasteiger partial charge in [0, 0.05) is 28.6 Å². The second-order valence-corrected chi connectivity index (χ2v) is 4.40. The molecular formula is C15H12N6O2. The van der Waals surface area contributed by atoms with E-state index in [-0.39, 0.29) is 5.70 Å². The van der Waals surface area contributed by atoms with Crippen molar-refractivity contribution in [2.45, 2.75) is 0 Å². The maximum Gasteiger partial charge on any atom is 0.265 e. The van der Waals surface area contributed by atoms with Crippen molar-refractivity contribution in [2.24, 2.45) is 10.8 Å². The van der Waals surface area contributed by atoms with Crippen LogP contribution in [0.3, 0.4) is 0 Å². The highest BCUT2D eigenvalue weighted by Crippen LogP contribution is 2.13. The molecule has 0 saturated carbocycles. The van der Waals surface area contributed by atoms with Gasteiger partial charge in [-0.3, -0.25) is 14.6 Å². The van der Waals surface area contributed by atoms with E-state index in [0.29, 0.717) is 16.8 Å². The van der Waals surface area contributed by atoms with Gasteiger partial charge in [0.2, 0.25) is 0 Å². The molecule has 0 fully saturated rings. The van der Waals surface area contributed by atoms with Gasteiger partial charge in [0.25, 0.3) is 11.8 Å². The molecule has 0 aliphatic rings. The van der Waals surface area contributed by atoms with Crippen molar-refractivity contribution in [1.29, 1.82) is 0 Å². The molecule has 3 N–H and O–H groups in total. The van der Waals surface area contributed by atoms with Crippen LogP contribution in [0.2, 0.25) is 0 Å². The summed E-state index contributed by atoms with van der Waals surface area (Å²) in [6, 6.07) is 9.34. The molecule has 0 unspecified atom stereocenters. The summed E-state index contributed by atoms with van der Waals surface area (Å²) in [6.07, 6.45) is 4.55. The van der Waals surface area contributed by atoms with Gasteiger partial charge in [0.15, 0.2) is 0 Å². The number of benzene rings is 1. The van der Waals surface area contributed by atoms with Crippen molar-refractivity contribution in [3.8, 4) is 0 Å². The first-order valence-corrected chi connectivity index (χ1v) is 6.48. The van der Waals surface area contributed by atoms with Crippen molar-refractivity contribution < 1.29 is 9.59 Å². The molecule has 114 valence electrons. The Labute approximate surface area is 131 Å². The minimum Gasteiger partial charge on any atom is -0.364 e. The average molecular weight is 308 g/mol. The smallest absolute Gasteiger partial charge is 0.265 e. The number of nitrogens with zero attached hydrogens (tertiary/aromatic N) is 4. The molecule has 0 saturated heterocycles. The average Bonchev–Trinajstić information content (AvgIpc) is 2.56.